The summed E-state index contributed by atoms with van der Waals surface area (Å²) in [6, 6.07) is 2.68. The Kier molecular flexibility index (Phi) is 5.46. The summed E-state index contributed by atoms with van der Waals surface area (Å²) in [7, 11) is 2.97. The Morgan fingerprint density at radius 3 is 2.68 bits per heavy atom. The molecule has 1 rings (SSSR count). The van der Waals surface area contributed by atoms with Gasteiger partial charge >= 0.3 is 5.82 Å². The lowest BCUT2D eigenvalue weighted by Gasteiger charge is -2.20. The van der Waals surface area contributed by atoms with Crippen molar-refractivity contribution in [2.45, 2.75) is 0 Å². The maximum atomic E-state index is 12.2. The van der Waals surface area contributed by atoms with Crippen LogP contribution in [0.5, 0.6) is 0 Å². The van der Waals surface area contributed by atoms with E-state index in [1.807, 2.05) is 0 Å². The number of aliphatic hydroxyl groups is 1. The summed E-state index contributed by atoms with van der Waals surface area (Å²) in [5, 5.41) is 19.7. The lowest BCUT2D eigenvalue weighted by molar-refractivity contribution is -0.391. The molecule has 0 bridgehead atoms. The monoisotopic (exact) mass is 271 g/mol. The van der Waals surface area contributed by atoms with Crippen LogP contribution in [-0.2, 0) is 11.8 Å². The van der Waals surface area contributed by atoms with Crippen LogP contribution in [0.4, 0.5) is 5.82 Å². The van der Waals surface area contributed by atoms with Gasteiger partial charge < -0.3 is 24.9 Å². The molecule has 0 aliphatic carbocycles. The predicted octanol–water partition coefficient (Wildman–Crippen LogP) is 0.0142. The first-order chi connectivity index (χ1) is 9.02. The van der Waals surface area contributed by atoms with E-state index in [-0.39, 0.29) is 30.6 Å². The van der Waals surface area contributed by atoms with Crippen molar-refractivity contribution < 1.29 is 19.6 Å². The second kappa shape index (κ2) is 6.86. The van der Waals surface area contributed by atoms with E-state index in [4.69, 9.17) is 9.84 Å². The van der Waals surface area contributed by atoms with Gasteiger partial charge in [0.25, 0.3) is 5.91 Å². The molecule has 1 heterocycles. The van der Waals surface area contributed by atoms with Gasteiger partial charge in [-0.3, -0.25) is 4.79 Å². The molecular weight excluding hydrogens is 254 g/mol. The van der Waals surface area contributed by atoms with Crippen molar-refractivity contribution in [3.8, 4) is 0 Å². The fourth-order valence-electron chi connectivity index (χ4n) is 1.70. The molecule has 0 fully saturated rings. The van der Waals surface area contributed by atoms with Crippen molar-refractivity contribution in [1.82, 2.24) is 9.47 Å². The second-order valence-corrected chi connectivity index (χ2v) is 3.90. The number of methoxy groups -OCH3 is 1. The number of hydrogen-bond donors (Lipinski definition) is 1. The van der Waals surface area contributed by atoms with E-state index in [1.165, 1.54) is 35.8 Å². The highest BCUT2D eigenvalue weighted by Gasteiger charge is 2.24. The Morgan fingerprint density at radius 1 is 1.53 bits per heavy atom. The van der Waals surface area contributed by atoms with Crippen molar-refractivity contribution in [3.05, 3.63) is 27.9 Å². The molecule has 0 aliphatic heterocycles. The molecule has 0 aliphatic rings. The van der Waals surface area contributed by atoms with Gasteiger partial charge in [0.15, 0.2) is 5.69 Å². The molecule has 0 spiro atoms. The van der Waals surface area contributed by atoms with E-state index in [2.05, 4.69) is 0 Å². The minimum Gasteiger partial charge on any atom is -0.395 e. The van der Waals surface area contributed by atoms with Gasteiger partial charge in [0.2, 0.25) is 0 Å². The molecule has 1 amide bonds. The van der Waals surface area contributed by atoms with Crippen LogP contribution in [0.15, 0.2) is 12.1 Å². The van der Waals surface area contributed by atoms with Gasteiger partial charge in [-0.1, -0.05) is 0 Å². The maximum absolute atomic E-state index is 12.2. The molecule has 8 nitrogen and oxygen atoms in total. The third-order valence-electron chi connectivity index (χ3n) is 2.72. The molecule has 1 aromatic rings. The van der Waals surface area contributed by atoms with Crippen LogP contribution in [0.2, 0.25) is 0 Å². The van der Waals surface area contributed by atoms with Crippen molar-refractivity contribution in [1.29, 1.82) is 0 Å². The van der Waals surface area contributed by atoms with Crippen LogP contribution in [0, 0.1) is 10.1 Å². The lowest BCUT2D eigenvalue weighted by Crippen LogP contribution is -2.37. The van der Waals surface area contributed by atoms with E-state index in [0.717, 1.165) is 0 Å². The van der Waals surface area contributed by atoms with Crippen LogP contribution in [-0.4, -0.2) is 58.8 Å². The smallest absolute Gasteiger partial charge is 0.323 e. The van der Waals surface area contributed by atoms with Gasteiger partial charge in [-0.05, 0) is 11.0 Å². The Hall–Kier alpha value is -1.93. The molecule has 106 valence electrons. The third kappa shape index (κ3) is 3.52. The Labute approximate surface area is 110 Å². The van der Waals surface area contributed by atoms with E-state index in [1.54, 1.807) is 0 Å². The number of nitro groups is 1. The van der Waals surface area contributed by atoms with E-state index >= 15 is 0 Å². The zero-order chi connectivity index (χ0) is 14.4. The Morgan fingerprint density at radius 2 is 2.21 bits per heavy atom. The first-order valence-electron chi connectivity index (χ1n) is 5.72. The number of carbonyl (C=O) groups is 1. The first-order valence-corrected chi connectivity index (χ1v) is 5.72. The highest BCUT2D eigenvalue weighted by atomic mass is 16.6. The van der Waals surface area contributed by atoms with Gasteiger partial charge in [0.1, 0.15) is 0 Å². The van der Waals surface area contributed by atoms with Crippen LogP contribution in [0.3, 0.4) is 0 Å². The Balaban J connectivity index is 2.92. The number of nitrogens with zero attached hydrogens (tertiary/aromatic N) is 3. The van der Waals surface area contributed by atoms with E-state index in [0.29, 0.717) is 13.2 Å². The number of aromatic nitrogens is 1. The standard InChI is InChI=1S/C11H17N3O5/c1-12-9(3-4-10(12)14(17)18)11(16)13(5-7-15)6-8-19-2/h3-4,15H,5-8H2,1-2H3. The van der Waals surface area contributed by atoms with Gasteiger partial charge in [-0.2, -0.15) is 0 Å². The van der Waals surface area contributed by atoms with Crippen molar-refractivity contribution in [2.24, 2.45) is 7.05 Å². The molecule has 8 heteroatoms. The van der Waals surface area contributed by atoms with Gasteiger partial charge in [-0.25, -0.2) is 4.57 Å². The molecular formula is C11H17N3O5. The highest BCUT2D eigenvalue weighted by Crippen LogP contribution is 2.16. The summed E-state index contributed by atoms with van der Waals surface area (Å²) in [4.78, 5) is 23.8. The minimum absolute atomic E-state index is 0.154. The molecule has 19 heavy (non-hydrogen) atoms. The first kappa shape index (κ1) is 15.1. The summed E-state index contributed by atoms with van der Waals surface area (Å²) in [5.41, 5.74) is 0.205. The summed E-state index contributed by atoms with van der Waals surface area (Å²) in [6.45, 7) is 0.621. The lowest BCUT2D eigenvalue weighted by atomic mass is 10.3. The number of aliphatic hydroxyl groups excluding tert-OH is 1. The normalized spacial score (nSPS) is 10.5. The molecule has 0 atom stereocenters. The number of rotatable bonds is 7. The SMILES string of the molecule is COCCN(CCO)C(=O)c1ccc([N+](=O)[O-])n1C. The summed E-state index contributed by atoms with van der Waals surface area (Å²) in [5.74, 6) is -0.527. The molecule has 0 unspecified atom stereocenters. The summed E-state index contributed by atoms with van der Waals surface area (Å²) < 4.78 is 6.11. The van der Waals surface area contributed by atoms with Crippen LogP contribution in [0.25, 0.3) is 0 Å². The van der Waals surface area contributed by atoms with E-state index < -0.39 is 4.92 Å². The summed E-state index contributed by atoms with van der Waals surface area (Å²) >= 11 is 0. The van der Waals surface area contributed by atoms with Crippen LogP contribution >= 0.6 is 0 Å². The zero-order valence-corrected chi connectivity index (χ0v) is 10.9. The number of amides is 1. The summed E-state index contributed by atoms with van der Waals surface area (Å²) in [6.07, 6.45) is 0. The highest BCUT2D eigenvalue weighted by molar-refractivity contribution is 5.93. The minimum atomic E-state index is -0.553. The van der Waals surface area contributed by atoms with Gasteiger partial charge in [-0.15, -0.1) is 0 Å². The zero-order valence-electron chi connectivity index (χ0n) is 10.9. The largest absolute Gasteiger partial charge is 0.395 e. The molecule has 1 N–H and O–H groups in total. The Bertz CT molecular complexity index is 457. The van der Waals surface area contributed by atoms with Crippen LogP contribution < -0.4 is 0 Å². The average Bonchev–Trinajstić information content (AvgIpc) is 2.75. The van der Waals surface area contributed by atoms with Crippen molar-refractivity contribution in [2.75, 3.05) is 33.4 Å². The van der Waals surface area contributed by atoms with Gasteiger partial charge in [0.05, 0.1) is 20.3 Å². The molecule has 1 aromatic heterocycles. The van der Waals surface area contributed by atoms with Gasteiger partial charge in [0, 0.05) is 26.3 Å². The quantitative estimate of drug-likeness (QED) is 0.556. The molecule has 0 saturated carbocycles. The second-order valence-electron chi connectivity index (χ2n) is 3.90. The third-order valence-corrected chi connectivity index (χ3v) is 2.72. The fourth-order valence-corrected chi connectivity index (χ4v) is 1.70. The van der Waals surface area contributed by atoms with Crippen LogP contribution in [0.1, 0.15) is 10.5 Å². The fraction of sp³-hybridized carbons (Fsp3) is 0.545. The average molecular weight is 271 g/mol. The maximum Gasteiger partial charge on any atom is 0.323 e. The van der Waals surface area contributed by atoms with E-state index in [9.17, 15) is 14.9 Å². The number of ether oxygens (including phenoxy) is 1. The van der Waals surface area contributed by atoms with Crippen molar-refractivity contribution >= 4 is 11.7 Å². The number of carbonyl (C=O) groups excluding carboxylic acids is 1. The predicted molar refractivity (Wildman–Crippen MR) is 66.9 cm³/mol. The number of hydrogen-bond acceptors (Lipinski definition) is 5. The topological polar surface area (TPSA) is 97.8 Å². The molecule has 0 radical (unpaired) electrons. The molecule has 0 saturated heterocycles. The molecule has 0 aromatic carbocycles. The van der Waals surface area contributed by atoms with Crippen molar-refractivity contribution in [3.63, 3.8) is 0 Å².